The van der Waals surface area contributed by atoms with Crippen molar-refractivity contribution in [2.75, 3.05) is 4.90 Å². The van der Waals surface area contributed by atoms with E-state index in [2.05, 4.69) is 0 Å². The third kappa shape index (κ3) is 3.62. The molecule has 4 rings (SSSR count). The predicted octanol–water partition coefficient (Wildman–Crippen LogP) is 0.624. The number of rotatable bonds is 3. The maximum atomic E-state index is 12.3. The van der Waals surface area contributed by atoms with Gasteiger partial charge in [0, 0.05) is 11.1 Å². The Bertz CT molecular complexity index is 1060. The number of para-hydroxylation sites is 2. The maximum absolute atomic E-state index is 12.3. The fourth-order valence-electron chi connectivity index (χ4n) is 3.65. The standard InChI is InChI=1S/C21H20N2O8/c22-21(29)23-12-7-3-1-5-10(12)9-14(11-6-2-4-8-13(11)23)30-20-17(26)15(24)16(25)18(31-20)19(27)28/h1-9,15-18,20,24-26H,(H2,22,29)(H,27,28)/t15-,16-,17+,18-,20+/m1/s1. The van der Waals surface area contributed by atoms with E-state index in [9.17, 15) is 30.0 Å². The Kier molecular flexibility index (Phi) is 5.38. The Morgan fingerprint density at radius 1 is 0.935 bits per heavy atom. The number of benzene rings is 2. The summed E-state index contributed by atoms with van der Waals surface area (Å²) in [4.78, 5) is 25.0. The average Bonchev–Trinajstić information content (AvgIpc) is 2.88. The Balaban J connectivity index is 1.79. The van der Waals surface area contributed by atoms with Gasteiger partial charge in [-0.05, 0) is 24.3 Å². The Morgan fingerprint density at radius 3 is 2.26 bits per heavy atom. The number of carbonyl (C=O) groups excluding carboxylic acids is 1. The van der Waals surface area contributed by atoms with Gasteiger partial charge in [0.25, 0.3) is 0 Å². The molecule has 2 aromatic rings. The van der Waals surface area contributed by atoms with E-state index in [1.165, 1.54) is 4.90 Å². The smallest absolute Gasteiger partial charge is 0.335 e. The summed E-state index contributed by atoms with van der Waals surface area (Å²) in [5, 5.41) is 39.5. The van der Waals surface area contributed by atoms with Crippen molar-refractivity contribution in [3.8, 4) is 0 Å². The SMILES string of the molecule is NC(=O)N1c2ccccc2C=C(O[C@H]2O[C@@H](C(=O)O)[C@H](O)[C@@H](O)[C@@H]2O)c2ccccc21. The summed E-state index contributed by atoms with van der Waals surface area (Å²) in [6, 6.07) is 12.9. The molecule has 6 N–H and O–H groups in total. The van der Waals surface area contributed by atoms with Crippen LogP contribution in [0.25, 0.3) is 11.8 Å². The molecule has 0 aliphatic carbocycles. The van der Waals surface area contributed by atoms with Crippen molar-refractivity contribution in [2.45, 2.75) is 30.7 Å². The molecule has 0 spiro atoms. The molecule has 0 radical (unpaired) electrons. The quantitative estimate of drug-likeness (QED) is 0.475. The number of aliphatic hydroxyl groups excluding tert-OH is 3. The lowest BCUT2D eigenvalue weighted by Crippen LogP contribution is -2.60. The molecule has 2 amide bonds. The van der Waals surface area contributed by atoms with Crippen LogP contribution < -0.4 is 10.6 Å². The number of carboxylic acid groups (broad SMARTS) is 1. The second kappa shape index (κ2) is 8.00. The number of carbonyl (C=O) groups is 2. The highest BCUT2D eigenvalue weighted by atomic mass is 16.7. The lowest BCUT2D eigenvalue weighted by molar-refractivity contribution is -0.277. The highest BCUT2D eigenvalue weighted by Crippen LogP contribution is 2.41. The highest BCUT2D eigenvalue weighted by molar-refractivity contribution is 6.06. The van der Waals surface area contributed by atoms with Crippen LogP contribution >= 0.6 is 0 Å². The van der Waals surface area contributed by atoms with Crippen LogP contribution in [0.1, 0.15) is 11.1 Å². The lowest BCUT2D eigenvalue weighted by Gasteiger charge is -2.38. The molecule has 5 atom stereocenters. The summed E-state index contributed by atoms with van der Waals surface area (Å²) in [6.45, 7) is 0. The number of fused-ring (bicyclic) bond motifs is 2. The third-order valence-corrected chi connectivity index (χ3v) is 5.15. The summed E-state index contributed by atoms with van der Waals surface area (Å²) < 4.78 is 11.0. The molecular formula is C21H20N2O8. The fourth-order valence-corrected chi connectivity index (χ4v) is 3.65. The summed E-state index contributed by atoms with van der Waals surface area (Å²) in [5.74, 6) is -1.38. The lowest BCUT2D eigenvalue weighted by atomic mass is 9.99. The molecule has 1 fully saturated rings. The van der Waals surface area contributed by atoms with Crippen molar-refractivity contribution < 1.29 is 39.5 Å². The summed E-state index contributed by atoms with van der Waals surface area (Å²) >= 11 is 0. The molecule has 2 aromatic carbocycles. The number of hydrogen-bond acceptors (Lipinski definition) is 7. The van der Waals surface area contributed by atoms with Crippen LogP contribution in [0.4, 0.5) is 16.2 Å². The molecule has 1 saturated heterocycles. The Morgan fingerprint density at radius 2 is 1.58 bits per heavy atom. The van der Waals surface area contributed by atoms with E-state index in [4.69, 9.17) is 15.2 Å². The maximum Gasteiger partial charge on any atom is 0.335 e. The summed E-state index contributed by atoms with van der Waals surface area (Å²) in [5.41, 5.74) is 7.50. The van der Waals surface area contributed by atoms with Crippen LogP contribution in [0, 0.1) is 0 Å². The number of anilines is 2. The van der Waals surface area contributed by atoms with Gasteiger partial charge in [-0.3, -0.25) is 4.90 Å². The van der Waals surface area contributed by atoms with Gasteiger partial charge in [-0.1, -0.05) is 30.3 Å². The van der Waals surface area contributed by atoms with Gasteiger partial charge >= 0.3 is 12.0 Å². The second-order valence-corrected chi connectivity index (χ2v) is 7.11. The molecule has 0 aromatic heterocycles. The first kappa shape index (κ1) is 20.8. The van der Waals surface area contributed by atoms with E-state index in [0.717, 1.165) is 0 Å². The average molecular weight is 428 g/mol. The minimum atomic E-state index is -1.84. The third-order valence-electron chi connectivity index (χ3n) is 5.15. The highest BCUT2D eigenvalue weighted by Gasteiger charge is 2.48. The first-order valence-electron chi connectivity index (χ1n) is 9.38. The number of amides is 2. The van der Waals surface area contributed by atoms with Crippen LogP contribution in [-0.2, 0) is 14.3 Å². The zero-order valence-corrected chi connectivity index (χ0v) is 16.0. The van der Waals surface area contributed by atoms with Crippen molar-refractivity contribution >= 4 is 35.2 Å². The molecule has 0 bridgehead atoms. The number of aliphatic carboxylic acids is 1. The number of nitrogens with zero attached hydrogens (tertiary/aromatic N) is 1. The van der Waals surface area contributed by atoms with Crippen LogP contribution in [-0.4, -0.2) is 63.1 Å². The second-order valence-electron chi connectivity index (χ2n) is 7.11. The number of carboxylic acids is 1. The molecule has 0 saturated carbocycles. The number of hydrogen-bond donors (Lipinski definition) is 5. The molecular weight excluding hydrogens is 408 g/mol. The molecule has 2 heterocycles. The predicted molar refractivity (Wildman–Crippen MR) is 108 cm³/mol. The van der Waals surface area contributed by atoms with Crippen molar-refractivity contribution in [3.63, 3.8) is 0 Å². The van der Waals surface area contributed by atoms with Gasteiger partial charge in [-0.2, -0.15) is 0 Å². The Labute approximate surface area is 176 Å². The number of nitrogens with two attached hydrogens (primary N) is 1. The Hall–Kier alpha value is -3.44. The molecule has 10 nitrogen and oxygen atoms in total. The topological polar surface area (TPSA) is 163 Å². The molecule has 162 valence electrons. The first-order valence-corrected chi connectivity index (χ1v) is 9.38. The van der Waals surface area contributed by atoms with Crippen LogP contribution in [0.2, 0.25) is 0 Å². The molecule has 10 heteroatoms. The first-order chi connectivity index (χ1) is 14.8. The van der Waals surface area contributed by atoms with Crippen LogP contribution in [0.3, 0.4) is 0 Å². The van der Waals surface area contributed by atoms with Gasteiger partial charge in [-0.15, -0.1) is 0 Å². The normalized spacial score (nSPS) is 27.4. The van der Waals surface area contributed by atoms with Gasteiger partial charge < -0.3 is 35.6 Å². The van der Waals surface area contributed by atoms with E-state index in [0.29, 0.717) is 22.5 Å². The zero-order chi connectivity index (χ0) is 22.3. The van der Waals surface area contributed by atoms with E-state index < -0.39 is 42.7 Å². The summed E-state index contributed by atoms with van der Waals surface area (Å²) in [7, 11) is 0. The van der Waals surface area contributed by atoms with E-state index in [1.807, 2.05) is 0 Å². The molecule has 2 aliphatic rings. The number of aliphatic hydroxyl groups is 3. The van der Waals surface area contributed by atoms with E-state index >= 15 is 0 Å². The largest absolute Gasteiger partial charge is 0.479 e. The van der Waals surface area contributed by atoms with Gasteiger partial charge in [-0.25, -0.2) is 9.59 Å². The van der Waals surface area contributed by atoms with Gasteiger partial charge in [0.15, 0.2) is 6.10 Å². The van der Waals surface area contributed by atoms with Crippen LogP contribution in [0.5, 0.6) is 0 Å². The number of primary amides is 1. The van der Waals surface area contributed by atoms with Gasteiger partial charge in [0.1, 0.15) is 24.1 Å². The van der Waals surface area contributed by atoms with Crippen molar-refractivity contribution in [1.82, 2.24) is 0 Å². The summed E-state index contributed by atoms with van der Waals surface area (Å²) in [6.07, 6.45) is -7.21. The minimum absolute atomic E-state index is 0.142. The molecule has 0 unspecified atom stereocenters. The van der Waals surface area contributed by atoms with Crippen molar-refractivity contribution in [3.05, 3.63) is 59.7 Å². The fraction of sp³-hybridized carbons (Fsp3) is 0.238. The van der Waals surface area contributed by atoms with E-state index in [1.54, 1.807) is 54.6 Å². The van der Waals surface area contributed by atoms with E-state index in [-0.39, 0.29) is 5.76 Å². The molecule has 31 heavy (non-hydrogen) atoms. The number of ether oxygens (including phenoxy) is 2. The zero-order valence-electron chi connectivity index (χ0n) is 16.0. The van der Waals surface area contributed by atoms with Gasteiger partial charge in [0.2, 0.25) is 6.29 Å². The monoisotopic (exact) mass is 428 g/mol. The minimum Gasteiger partial charge on any atom is -0.479 e. The van der Waals surface area contributed by atoms with Crippen molar-refractivity contribution in [1.29, 1.82) is 0 Å². The van der Waals surface area contributed by atoms with Crippen LogP contribution in [0.15, 0.2) is 48.5 Å². The number of urea groups is 1. The van der Waals surface area contributed by atoms with Crippen molar-refractivity contribution in [2.24, 2.45) is 5.73 Å². The van der Waals surface area contributed by atoms with Gasteiger partial charge in [0.05, 0.1) is 11.4 Å². The molecule has 2 aliphatic heterocycles.